The normalized spacial score (nSPS) is 10.4. The van der Waals surface area contributed by atoms with Crippen LogP contribution in [-0.4, -0.2) is 28.5 Å². The average molecular weight is 288 g/mol. The van der Waals surface area contributed by atoms with E-state index in [1.807, 2.05) is 11.9 Å². The van der Waals surface area contributed by atoms with Gasteiger partial charge < -0.3 is 9.47 Å². The van der Waals surface area contributed by atoms with Crippen molar-refractivity contribution in [3.63, 3.8) is 0 Å². The Bertz CT molecular complexity index is 378. The summed E-state index contributed by atoms with van der Waals surface area (Å²) in [4.78, 5) is 17.8. The summed E-state index contributed by atoms with van der Waals surface area (Å²) in [6.45, 7) is 0.874. The lowest BCUT2D eigenvalue weighted by Gasteiger charge is -2.17. The number of hydrogen-bond donors (Lipinski definition) is 0. The zero-order chi connectivity index (χ0) is 12.0. The monoisotopic (exact) mass is 287 g/mol. The Labute approximate surface area is 104 Å². The predicted molar refractivity (Wildman–Crippen MR) is 70.4 cm³/mol. The van der Waals surface area contributed by atoms with Crippen molar-refractivity contribution in [3.8, 4) is 0 Å². The second-order valence-electron chi connectivity index (χ2n) is 3.84. The summed E-state index contributed by atoms with van der Waals surface area (Å²) < 4.78 is 1.55. The molecule has 0 saturated heterocycles. The first-order chi connectivity index (χ1) is 7.66. The van der Waals surface area contributed by atoms with Gasteiger partial charge in [0.2, 0.25) is 0 Å². The van der Waals surface area contributed by atoms with Crippen molar-refractivity contribution in [1.29, 1.82) is 0 Å². The molecule has 0 N–H and O–H groups in total. The van der Waals surface area contributed by atoms with Crippen LogP contribution in [0.1, 0.15) is 19.3 Å². The van der Waals surface area contributed by atoms with Crippen LogP contribution in [0.15, 0.2) is 17.2 Å². The van der Waals surface area contributed by atoms with E-state index in [-0.39, 0.29) is 5.56 Å². The zero-order valence-corrected chi connectivity index (χ0v) is 11.4. The van der Waals surface area contributed by atoms with Gasteiger partial charge in [0, 0.05) is 38.4 Å². The third-order valence-electron chi connectivity index (χ3n) is 2.49. The van der Waals surface area contributed by atoms with E-state index in [0.717, 1.165) is 18.3 Å². The molecule has 1 rings (SSSR count). The molecule has 0 radical (unpaired) electrons. The van der Waals surface area contributed by atoms with E-state index in [4.69, 9.17) is 0 Å². The molecule has 0 unspecified atom stereocenters. The van der Waals surface area contributed by atoms with Gasteiger partial charge in [-0.3, -0.25) is 4.79 Å². The maximum Gasteiger partial charge on any atom is 0.293 e. The van der Waals surface area contributed by atoms with Crippen LogP contribution in [0.2, 0.25) is 0 Å². The quantitative estimate of drug-likeness (QED) is 0.591. The molecule has 16 heavy (non-hydrogen) atoms. The lowest BCUT2D eigenvalue weighted by molar-refractivity contribution is 0.699. The number of aromatic nitrogens is 2. The van der Waals surface area contributed by atoms with Crippen molar-refractivity contribution in [2.75, 3.05) is 23.8 Å². The van der Waals surface area contributed by atoms with Gasteiger partial charge in [-0.2, -0.15) is 0 Å². The van der Waals surface area contributed by atoms with Gasteiger partial charge in [0.05, 0.1) is 0 Å². The van der Waals surface area contributed by atoms with Gasteiger partial charge >= 0.3 is 0 Å². The molecule has 0 aliphatic heterocycles. The Hall–Kier alpha value is -0.840. The van der Waals surface area contributed by atoms with Crippen LogP contribution in [0, 0.1) is 0 Å². The Morgan fingerprint density at radius 1 is 1.44 bits per heavy atom. The van der Waals surface area contributed by atoms with Crippen LogP contribution >= 0.6 is 15.9 Å². The fourth-order valence-corrected chi connectivity index (χ4v) is 1.87. The van der Waals surface area contributed by atoms with E-state index in [9.17, 15) is 4.79 Å². The molecular formula is C11H18BrN3O. The molecule has 1 aromatic heterocycles. The van der Waals surface area contributed by atoms with Crippen LogP contribution in [0.25, 0.3) is 0 Å². The topological polar surface area (TPSA) is 38.1 Å². The smallest absolute Gasteiger partial charge is 0.293 e. The molecule has 1 aromatic rings. The molecule has 0 aliphatic rings. The lowest BCUT2D eigenvalue weighted by atomic mass is 10.2. The molecule has 0 aliphatic carbocycles. The SMILES string of the molecule is CN(CCCCCBr)c1nccn(C)c1=O. The van der Waals surface area contributed by atoms with E-state index in [1.165, 1.54) is 12.8 Å². The maximum absolute atomic E-state index is 11.8. The summed E-state index contributed by atoms with van der Waals surface area (Å²) in [7, 11) is 3.66. The summed E-state index contributed by atoms with van der Waals surface area (Å²) in [5.74, 6) is 0.531. The number of alkyl halides is 1. The summed E-state index contributed by atoms with van der Waals surface area (Å²) in [6, 6.07) is 0. The first-order valence-electron chi connectivity index (χ1n) is 5.45. The second kappa shape index (κ2) is 6.68. The summed E-state index contributed by atoms with van der Waals surface area (Å²) >= 11 is 3.40. The highest BCUT2D eigenvalue weighted by molar-refractivity contribution is 9.09. The third kappa shape index (κ3) is 3.63. The van der Waals surface area contributed by atoms with Crippen LogP contribution in [0.5, 0.6) is 0 Å². The molecular weight excluding hydrogens is 270 g/mol. The highest BCUT2D eigenvalue weighted by atomic mass is 79.9. The molecule has 0 bridgehead atoms. The fourth-order valence-electron chi connectivity index (χ4n) is 1.47. The molecule has 5 heteroatoms. The molecule has 90 valence electrons. The van der Waals surface area contributed by atoms with Crippen LogP contribution < -0.4 is 10.5 Å². The van der Waals surface area contributed by atoms with Gasteiger partial charge in [-0.05, 0) is 12.8 Å². The summed E-state index contributed by atoms with van der Waals surface area (Å²) in [5.41, 5.74) is -0.0366. The van der Waals surface area contributed by atoms with Crippen molar-refractivity contribution in [1.82, 2.24) is 9.55 Å². The average Bonchev–Trinajstić information content (AvgIpc) is 2.28. The van der Waals surface area contributed by atoms with Crippen LogP contribution in [0.3, 0.4) is 0 Å². The van der Waals surface area contributed by atoms with E-state index in [0.29, 0.717) is 5.82 Å². The predicted octanol–water partition coefficient (Wildman–Crippen LogP) is 1.78. The number of anilines is 1. The number of aryl methyl sites for hydroxylation is 1. The highest BCUT2D eigenvalue weighted by Crippen LogP contribution is 2.04. The minimum Gasteiger partial charge on any atom is -0.355 e. The van der Waals surface area contributed by atoms with E-state index in [2.05, 4.69) is 20.9 Å². The van der Waals surface area contributed by atoms with Crippen molar-refractivity contribution in [3.05, 3.63) is 22.7 Å². The van der Waals surface area contributed by atoms with Crippen LogP contribution in [0.4, 0.5) is 5.82 Å². The highest BCUT2D eigenvalue weighted by Gasteiger charge is 2.07. The number of rotatable bonds is 6. The van der Waals surface area contributed by atoms with Gasteiger partial charge in [-0.1, -0.05) is 22.4 Å². The first kappa shape index (κ1) is 13.2. The molecule has 0 saturated carbocycles. The first-order valence-corrected chi connectivity index (χ1v) is 6.57. The Kier molecular flexibility index (Phi) is 5.52. The third-order valence-corrected chi connectivity index (χ3v) is 3.05. The molecule has 0 spiro atoms. The molecule has 0 atom stereocenters. The zero-order valence-electron chi connectivity index (χ0n) is 9.82. The fraction of sp³-hybridized carbons (Fsp3) is 0.636. The Balaban J connectivity index is 2.56. The maximum atomic E-state index is 11.8. The standard InChI is InChI=1S/C11H18BrN3O/c1-14(8-5-3-4-6-12)10-11(16)15(2)9-7-13-10/h7,9H,3-6,8H2,1-2H3. The van der Waals surface area contributed by atoms with Gasteiger partial charge in [-0.15, -0.1) is 0 Å². The van der Waals surface area contributed by atoms with E-state index < -0.39 is 0 Å². The minimum absolute atomic E-state index is 0.0366. The Morgan fingerprint density at radius 2 is 2.19 bits per heavy atom. The molecule has 4 nitrogen and oxygen atoms in total. The molecule has 0 fully saturated rings. The van der Waals surface area contributed by atoms with E-state index >= 15 is 0 Å². The number of halogens is 1. The second-order valence-corrected chi connectivity index (χ2v) is 4.63. The molecule has 1 heterocycles. The van der Waals surface area contributed by atoms with Crippen molar-refractivity contribution in [2.45, 2.75) is 19.3 Å². The van der Waals surface area contributed by atoms with Crippen molar-refractivity contribution >= 4 is 21.7 Å². The Morgan fingerprint density at radius 3 is 2.88 bits per heavy atom. The lowest BCUT2D eigenvalue weighted by Crippen LogP contribution is -2.30. The van der Waals surface area contributed by atoms with Crippen LogP contribution in [-0.2, 0) is 7.05 Å². The van der Waals surface area contributed by atoms with Gasteiger partial charge in [0.25, 0.3) is 5.56 Å². The van der Waals surface area contributed by atoms with Gasteiger partial charge in [-0.25, -0.2) is 4.98 Å². The summed E-state index contributed by atoms with van der Waals surface area (Å²) in [6.07, 6.45) is 6.76. The molecule has 0 aromatic carbocycles. The van der Waals surface area contributed by atoms with Crippen molar-refractivity contribution < 1.29 is 0 Å². The number of hydrogen-bond acceptors (Lipinski definition) is 3. The van der Waals surface area contributed by atoms with Gasteiger partial charge in [0.1, 0.15) is 0 Å². The molecule has 0 amide bonds. The number of unbranched alkanes of at least 4 members (excludes halogenated alkanes) is 2. The summed E-state index contributed by atoms with van der Waals surface area (Å²) in [5, 5.41) is 1.04. The van der Waals surface area contributed by atoms with E-state index in [1.54, 1.807) is 24.0 Å². The number of nitrogens with zero attached hydrogens (tertiary/aromatic N) is 3. The van der Waals surface area contributed by atoms with Crippen molar-refractivity contribution in [2.24, 2.45) is 7.05 Å². The minimum atomic E-state index is -0.0366. The largest absolute Gasteiger partial charge is 0.355 e. The van der Waals surface area contributed by atoms with Gasteiger partial charge in [0.15, 0.2) is 5.82 Å².